The van der Waals surface area contributed by atoms with Crippen molar-refractivity contribution in [1.82, 2.24) is 9.88 Å². The smallest absolute Gasteiger partial charge is 0.251 e. The third kappa shape index (κ3) is 3.68. The fraction of sp³-hybridized carbons (Fsp3) is 0.217. The molecule has 0 bridgehead atoms. The second kappa shape index (κ2) is 7.79. The number of hydrogen-bond donors (Lipinski definition) is 1. The summed E-state index contributed by atoms with van der Waals surface area (Å²) in [5.41, 5.74) is 4.82. The summed E-state index contributed by atoms with van der Waals surface area (Å²) in [6, 6.07) is 19.7. The Morgan fingerprint density at radius 1 is 1.10 bits per heavy atom. The molecule has 0 radical (unpaired) electrons. The quantitative estimate of drug-likeness (QED) is 0.707. The Morgan fingerprint density at radius 3 is 2.72 bits per heavy atom. The van der Waals surface area contributed by atoms with Gasteiger partial charge in [0.05, 0.1) is 30.2 Å². The van der Waals surface area contributed by atoms with E-state index in [1.54, 1.807) is 0 Å². The third-order valence-corrected chi connectivity index (χ3v) is 6.39. The van der Waals surface area contributed by atoms with Crippen molar-refractivity contribution >= 4 is 23.4 Å². The van der Waals surface area contributed by atoms with Gasteiger partial charge in [-0.2, -0.15) is 11.8 Å². The molecule has 5 nitrogen and oxygen atoms in total. The van der Waals surface area contributed by atoms with Crippen molar-refractivity contribution in [3.05, 3.63) is 83.7 Å². The Bertz CT molecular complexity index is 1070. The molecule has 29 heavy (non-hydrogen) atoms. The van der Waals surface area contributed by atoms with E-state index in [4.69, 9.17) is 9.73 Å². The molecular weight excluding hydrogens is 382 g/mol. The van der Waals surface area contributed by atoms with Crippen LogP contribution in [0.2, 0.25) is 0 Å². The zero-order chi connectivity index (χ0) is 19.6. The number of aliphatic imine (C=N–C) groups is 1. The van der Waals surface area contributed by atoms with Gasteiger partial charge in [0, 0.05) is 23.3 Å². The van der Waals surface area contributed by atoms with Crippen LogP contribution in [-0.4, -0.2) is 40.3 Å². The number of fused-ring (bicyclic) bond motifs is 3. The van der Waals surface area contributed by atoms with Crippen LogP contribution in [0.5, 0.6) is 5.75 Å². The van der Waals surface area contributed by atoms with E-state index in [-0.39, 0.29) is 5.91 Å². The number of amides is 1. The molecule has 3 heterocycles. The summed E-state index contributed by atoms with van der Waals surface area (Å²) in [6.45, 7) is 0.989. The lowest BCUT2D eigenvalue weighted by Crippen LogP contribution is -2.31. The van der Waals surface area contributed by atoms with Gasteiger partial charge in [0.2, 0.25) is 0 Å². The monoisotopic (exact) mass is 403 g/mol. The van der Waals surface area contributed by atoms with Crippen molar-refractivity contribution < 1.29 is 9.53 Å². The van der Waals surface area contributed by atoms with Gasteiger partial charge < -0.3 is 14.6 Å². The molecule has 6 heteroatoms. The number of benzene rings is 2. The lowest BCUT2D eigenvalue weighted by Gasteiger charge is -2.25. The minimum atomic E-state index is -0.113. The van der Waals surface area contributed by atoms with E-state index in [1.807, 2.05) is 66.5 Å². The average Bonchev–Trinajstić information content (AvgIpc) is 3.15. The number of nitrogens with one attached hydrogen (secondary N) is 1. The topological polar surface area (TPSA) is 55.6 Å². The van der Waals surface area contributed by atoms with Crippen LogP contribution in [0, 0.1) is 0 Å². The first-order valence-electron chi connectivity index (χ1n) is 9.70. The lowest BCUT2D eigenvalue weighted by molar-refractivity contribution is 0.0959. The molecule has 2 aromatic carbocycles. The van der Waals surface area contributed by atoms with E-state index in [0.29, 0.717) is 24.8 Å². The van der Waals surface area contributed by atoms with Crippen LogP contribution in [0.1, 0.15) is 21.6 Å². The van der Waals surface area contributed by atoms with Crippen molar-refractivity contribution in [3.8, 4) is 11.4 Å². The summed E-state index contributed by atoms with van der Waals surface area (Å²) in [5, 5.41) is 3.01. The van der Waals surface area contributed by atoms with Crippen LogP contribution >= 0.6 is 11.8 Å². The highest BCUT2D eigenvalue weighted by Crippen LogP contribution is 2.24. The van der Waals surface area contributed by atoms with Crippen LogP contribution < -0.4 is 10.1 Å². The SMILES string of the molecule is O=C(NCC1=NCc2ccccc2-n2cccc21)c1ccc(OC2CSC2)cc1. The van der Waals surface area contributed by atoms with E-state index < -0.39 is 0 Å². The fourth-order valence-electron chi connectivity index (χ4n) is 3.54. The lowest BCUT2D eigenvalue weighted by atomic mass is 10.2. The van der Waals surface area contributed by atoms with Gasteiger partial charge in [0.15, 0.2) is 0 Å². The molecule has 1 saturated heterocycles. The second-order valence-corrected chi connectivity index (χ2v) is 8.21. The maximum Gasteiger partial charge on any atom is 0.251 e. The second-order valence-electron chi connectivity index (χ2n) is 7.14. The van der Waals surface area contributed by atoms with E-state index in [9.17, 15) is 4.79 Å². The third-order valence-electron chi connectivity index (χ3n) is 5.18. The number of carbonyl (C=O) groups excluding carboxylic acids is 1. The van der Waals surface area contributed by atoms with Crippen molar-refractivity contribution in [3.63, 3.8) is 0 Å². The highest BCUT2D eigenvalue weighted by molar-refractivity contribution is 8.00. The molecule has 0 unspecified atom stereocenters. The van der Waals surface area contributed by atoms with Gasteiger partial charge in [0.1, 0.15) is 11.9 Å². The van der Waals surface area contributed by atoms with Gasteiger partial charge in [-0.05, 0) is 48.0 Å². The predicted octanol–water partition coefficient (Wildman–Crippen LogP) is 3.70. The number of para-hydroxylation sites is 1. The van der Waals surface area contributed by atoms with E-state index in [2.05, 4.69) is 22.0 Å². The van der Waals surface area contributed by atoms with Gasteiger partial charge in [-0.1, -0.05) is 18.2 Å². The Hall–Kier alpha value is -2.99. The molecule has 146 valence electrons. The number of carbonyl (C=O) groups is 1. The maximum absolute atomic E-state index is 12.6. The molecule has 1 fully saturated rings. The van der Waals surface area contributed by atoms with Gasteiger partial charge in [-0.25, -0.2) is 0 Å². The summed E-state index contributed by atoms with van der Waals surface area (Å²) in [5.74, 6) is 2.78. The Labute approximate surface area is 173 Å². The molecule has 3 aromatic rings. The summed E-state index contributed by atoms with van der Waals surface area (Å²) < 4.78 is 7.98. The van der Waals surface area contributed by atoms with Gasteiger partial charge >= 0.3 is 0 Å². The summed E-state index contributed by atoms with van der Waals surface area (Å²) >= 11 is 1.88. The van der Waals surface area contributed by atoms with E-state index in [1.165, 1.54) is 5.56 Å². The van der Waals surface area contributed by atoms with E-state index >= 15 is 0 Å². The Kier molecular flexibility index (Phi) is 4.86. The largest absolute Gasteiger partial charge is 0.489 e. The first kappa shape index (κ1) is 18.1. The molecule has 2 aliphatic heterocycles. The summed E-state index contributed by atoms with van der Waals surface area (Å²) in [4.78, 5) is 17.4. The first-order chi connectivity index (χ1) is 14.3. The number of nitrogens with zero attached hydrogens (tertiary/aromatic N) is 2. The molecule has 1 amide bonds. The van der Waals surface area contributed by atoms with Gasteiger partial charge in [-0.3, -0.25) is 9.79 Å². The molecule has 2 aliphatic rings. The van der Waals surface area contributed by atoms with Crippen LogP contribution in [0.15, 0.2) is 71.9 Å². The van der Waals surface area contributed by atoms with Crippen LogP contribution in [0.25, 0.3) is 5.69 Å². The van der Waals surface area contributed by atoms with Gasteiger partial charge in [-0.15, -0.1) is 0 Å². The van der Waals surface area contributed by atoms with Crippen LogP contribution in [0.4, 0.5) is 0 Å². The van der Waals surface area contributed by atoms with Crippen molar-refractivity contribution in [2.45, 2.75) is 12.6 Å². The minimum Gasteiger partial charge on any atom is -0.489 e. The minimum absolute atomic E-state index is 0.113. The van der Waals surface area contributed by atoms with E-state index in [0.717, 1.165) is 34.3 Å². The normalized spacial score (nSPS) is 15.4. The van der Waals surface area contributed by atoms with Crippen molar-refractivity contribution in [2.24, 2.45) is 4.99 Å². The van der Waals surface area contributed by atoms with Crippen LogP contribution in [0.3, 0.4) is 0 Å². The molecule has 1 aromatic heterocycles. The van der Waals surface area contributed by atoms with Crippen LogP contribution in [-0.2, 0) is 6.54 Å². The highest BCUT2D eigenvalue weighted by atomic mass is 32.2. The average molecular weight is 404 g/mol. The van der Waals surface area contributed by atoms with Gasteiger partial charge in [0.25, 0.3) is 5.91 Å². The van der Waals surface area contributed by atoms with Crippen molar-refractivity contribution in [1.29, 1.82) is 0 Å². The molecule has 0 aliphatic carbocycles. The first-order valence-corrected chi connectivity index (χ1v) is 10.9. The molecule has 1 N–H and O–H groups in total. The zero-order valence-corrected chi connectivity index (χ0v) is 16.7. The summed E-state index contributed by atoms with van der Waals surface area (Å²) in [7, 11) is 0. The number of ether oxygens (including phenoxy) is 1. The zero-order valence-electron chi connectivity index (χ0n) is 15.9. The molecule has 0 atom stereocenters. The fourth-order valence-corrected chi connectivity index (χ4v) is 4.10. The number of rotatable bonds is 5. The number of aromatic nitrogens is 1. The number of thioether (sulfide) groups is 1. The molecule has 0 saturated carbocycles. The Balaban J connectivity index is 1.27. The summed E-state index contributed by atoms with van der Waals surface area (Å²) in [6.07, 6.45) is 2.34. The molecule has 5 rings (SSSR count). The predicted molar refractivity (Wildman–Crippen MR) is 117 cm³/mol. The van der Waals surface area contributed by atoms with Crippen molar-refractivity contribution in [2.75, 3.05) is 18.1 Å². The maximum atomic E-state index is 12.6. The molecular formula is C23H21N3O2S. The standard InChI is InChI=1S/C23H21N3O2S/c27-23(16-7-9-18(10-8-16)28-19-14-29-15-19)25-13-20-22-6-3-11-26(22)21-5-2-1-4-17(21)12-24-20/h1-11,19H,12-15H2,(H,25,27). The Morgan fingerprint density at radius 2 is 1.93 bits per heavy atom. The number of hydrogen-bond acceptors (Lipinski definition) is 4. The molecule has 0 spiro atoms. The highest BCUT2D eigenvalue weighted by Gasteiger charge is 2.20.